The van der Waals surface area contributed by atoms with Gasteiger partial charge in [-0.15, -0.1) is 5.92 Å². The fraction of sp³-hybridized carbons (Fsp3) is 0.214. The zero-order valence-electron chi connectivity index (χ0n) is 9.99. The Morgan fingerprint density at radius 1 is 1.44 bits per heavy atom. The van der Waals surface area contributed by atoms with E-state index in [0.717, 1.165) is 5.39 Å². The zero-order valence-corrected chi connectivity index (χ0v) is 9.99. The average Bonchev–Trinajstić information content (AvgIpc) is 2.74. The highest BCUT2D eigenvalue weighted by molar-refractivity contribution is 5.95. The molecule has 4 nitrogen and oxygen atoms in total. The molecular formula is C14H13NO3. The Morgan fingerprint density at radius 3 is 2.94 bits per heavy atom. The van der Waals surface area contributed by atoms with Gasteiger partial charge in [-0.3, -0.25) is 0 Å². The van der Waals surface area contributed by atoms with Gasteiger partial charge in [0.25, 0.3) is 0 Å². The third-order valence-corrected chi connectivity index (χ3v) is 2.58. The molecule has 0 radical (unpaired) electrons. The van der Waals surface area contributed by atoms with Crippen LogP contribution in [0, 0.1) is 11.8 Å². The third-order valence-electron chi connectivity index (χ3n) is 2.58. The van der Waals surface area contributed by atoms with E-state index in [4.69, 9.17) is 9.52 Å². The van der Waals surface area contributed by atoms with Crippen molar-refractivity contribution in [2.45, 2.75) is 13.5 Å². The van der Waals surface area contributed by atoms with E-state index in [2.05, 4.69) is 17.2 Å². The molecule has 18 heavy (non-hydrogen) atoms. The summed E-state index contributed by atoms with van der Waals surface area (Å²) >= 11 is 0. The van der Waals surface area contributed by atoms with Crippen LogP contribution < -0.4 is 5.32 Å². The first-order valence-electron chi connectivity index (χ1n) is 5.58. The first-order valence-corrected chi connectivity index (χ1v) is 5.58. The first-order chi connectivity index (χ1) is 8.74. The smallest absolute Gasteiger partial charge is 0.372 e. The topological polar surface area (TPSA) is 62.5 Å². The van der Waals surface area contributed by atoms with Crippen molar-refractivity contribution in [3.8, 4) is 11.8 Å². The highest BCUT2D eigenvalue weighted by Gasteiger charge is 2.18. The molecule has 0 fully saturated rings. The lowest BCUT2D eigenvalue weighted by Crippen LogP contribution is -2.15. The summed E-state index contributed by atoms with van der Waals surface area (Å²) in [5.74, 6) is 4.58. The molecule has 1 heterocycles. The number of para-hydroxylation sites is 1. The lowest BCUT2D eigenvalue weighted by molar-refractivity contribution is 0.0663. The van der Waals surface area contributed by atoms with Gasteiger partial charge in [0.1, 0.15) is 5.58 Å². The van der Waals surface area contributed by atoms with Gasteiger partial charge < -0.3 is 14.8 Å². The summed E-state index contributed by atoms with van der Waals surface area (Å²) < 4.78 is 5.34. The minimum Gasteiger partial charge on any atom is -0.475 e. The number of carboxylic acid groups (broad SMARTS) is 1. The molecule has 0 saturated heterocycles. The molecule has 0 amide bonds. The monoisotopic (exact) mass is 243 g/mol. The summed E-state index contributed by atoms with van der Waals surface area (Å²) in [6, 6.07) is 7.29. The minimum atomic E-state index is -1.05. The predicted octanol–water partition coefficient (Wildman–Crippen LogP) is 2.24. The minimum absolute atomic E-state index is 0.00634. The normalized spacial score (nSPS) is 10.1. The number of nitrogens with one attached hydrogen (secondary N) is 1. The average molecular weight is 243 g/mol. The van der Waals surface area contributed by atoms with Gasteiger partial charge in [-0.25, -0.2) is 4.79 Å². The van der Waals surface area contributed by atoms with Crippen LogP contribution in [0.1, 0.15) is 23.0 Å². The molecule has 0 bridgehead atoms. The first kappa shape index (κ1) is 12.2. The van der Waals surface area contributed by atoms with Crippen molar-refractivity contribution in [2.75, 3.05) is 6.54 Å². The van der Waals surface area contributed by atoms with E-state index < -0.39 is 5.97 Å². The number of aromatic carboxylic acids is 1. The number of fused-ring (bicyclic) bond motifs is 1. The number of carboxylic acids is 1. The lowest BCUT2D eigenvalue weighted by Gasteiger charge is -2.00. The molecule has 0 aliphatic rings. The fourth-order valence-electron chi connectivity index (χ4n) is 1.79. The molecule has 0 saturated carbocycles. The van der Waals surface area contributed by atoms with Crippen molar-refractivity contribution in [1.29, 1.82) is 0 Å². The quantitative estimate of drug-likeness (QED) is 0.638. The molecule has 0 atom stereocenters. The van der Waals surface area contributed by atoms with Gasteiger partial charge in [-0.05, 0) is 13.0 Å². The summed E-state index contributed by atoms with van der Waals surface area (Å²) in [5.41, 5.74) is 1.25. The van der Waals surface area contributed by atoms with E-state index in [1.807, 2.05) is 18.2 Å². The Hall–Kier alpha value is -2.25. The largest absolute Gasteiger partial charge is 0.475 e. The highest BCUT2D eigenvalue weighted by atomic mass is 16.4. The standard InChI is InChI=1S/C14H13NO3/c1-2-3-8-15-9-11-10-6-4-5-7-12(10)18-13(11)14(16)17/h4-7,15H,8-9H2,1H3,(H,16,17). The summed E-state index contributed by atoms with van der Waals surface area (Å²) in [6.45, 7) is 2.71. The Bertz CT molecular complexity index is 631. The summed E-state index contributed by atoms with van der Waals surface area (Å²) in [7, 11) is 0. The molecule has 0 spiro atoms. The van der Waals surface area contributed by atoms with E-state index in [1.165, 1.54) is 0 Å². The van der Waals surface area contributed by atoms with Crippen LogP contribution in [-0.2, 0) is 6.54 Å². The number of hydrogen-bond donors (Lipinski definition) is 2. The predicted molar refractivity (Wildman–Crippen MR) is 68.3 cm³/mol. The number of benzene rings is 1. The van der Waals surface area contributed by atoms with Crippen LogP contribution in [0.2, 0.25) is 0 Å². The molecule has 1 aromatic carbocycles. The van der Waals surface area contributed by atoms with Crippen molar-refractivity contribution in [2.24, 2.45) is 0 Å². The summed E-state index contributed by atoms with van der Waals surface area (Å²) in [6.07, 6.45) is 0. The second-order valence-electron chi connectivity index (χ2n) is 3.74. The molecule has 0 unspecified atom stereocenters. The Kier molecular flexibility index (Phi) is 3.66. The van der Waals surface area contributed by atoms with E-state index in [9.17, 15) is 4.79 Å². The Balaban J connectivity index is 2.35. The Morgan fingerprint density at radius 2 is 2.22 bits per heavy atom. The van der Waals surface area contributed by atoms with Crippen LogP contribution in [0.4, 0.5) is 0 Å². The van der Waals surface area contributed by atoms with Crippen LogP contribution in [0.3, 0.4) is 0 Å². The molecule has 2 aromatic rings. The summed E-state index contributed by atoms with van der Waals surface area (Å²) in [5, 5.41) is 13.0. The summed E-state index contributed by atoms with van der Waals surface area (Å²) in [4.78, 5) is 11.1. The van der Waals surface area contributed by atoms with Crippen molar-refractivity contribution in [3.63, 3.8) is 0 Å². The SMILES string of the molecule is CC#CCNCc1c(C(=O)O)oc2ccccc12. The number of hydrogen-bond acceptors (Lipinski definition) is 3. The number of rotatable bonds is 4. The van der Waals surface area contributed by atoms with Gasteiger partial charge >= 0.3 is 5.97 Å². The molecule has 2 N–H and O–H groups in total. The fourth-order valence-corrected chi connectivity index (χ4v) is 1.79. The number of carbonyl (C=O) groups is 1. The molecular weight excluding hydrogens is 230 g/mol. The van der Waals surface area contributed by atoms with Crippen molar-refractivity contribution in [1.82, 2.24) is 5.32 Å². The lowest BCUT2D eigenvalue weighted by atomic mass is 10.1. The van der Waals surface area contributed by atoms with Crippen LogP contribution in [-0.4, -0.2) is 17.6 Å². The zero-order chi connectivity index (χ0) is 13.0. The van der Waals surface area contributed by atoms with Gasteiger partial charge in [0, 0.05) is 17.5 Å². The highest BCUT2D eigenvalue weighted by Crippen LogP contribution is 2.25. The van der Waals surface area contributed by atoms with Gasteiger partial charge in [0.2, 0.25) is 5.76 Å². The van der Waals surface area contributed by atoms with Gasteiger partial charge in [0.05, 0.1) is 6.54 Å². The maximum Gasteiger partial charge on any atom is 0.372 e. The van der Waals surface area contributed by atoms with Crippen LogP contribution >= 0.6 is 0 Å². The van der Waals surface area contributed by atoms with Gasteiger partial charge in [-0.1, -0.05) is 24.1 Å². The van der Waals surface area contributed by atoms with Gasteiger partial charge in [-0.2, -0.15) is 0 Å². The maximum absolute atomic E-state index is 11.1. The molecule has 92 valence electrons. The maximum atomic E-state index is 11.1. The van der Waals surface area contributed by atoms with E-state index >= 15 is 0 Å². The van der Waals surface area contributed by atoms with Crippen LogP contribution in [0.25, 0.3) is 11.0 Å². The van der Waals surface area contributed by atoms with Crippen molar-refractivity contribution >= 4 is 16.9 Å². The molecule has 0 aliphatic carbocycles. The van der Waals surface area contributed by atoms with Crippen molar-refractivity contribution in [3.05, 3.63) is 35.6 Å². The third kappa shape index (κ3) is 2.36. The molecule has 4 heteroatoms. The van der Waals surface area contributed by atoms with E-state index in [-0.39, 0.29) is 5.76 Å². The van der Waals surface area contributed by atoms with Crippen LogP contribution in [0.5, 0.6) is 0 Å². The molecule has 0 aliphatic heterocycles. The van der Waals surface area contributed by atoms with Gasteiger partial charge in [0.15, 0.2) is 0 Å². The van der Waals surface area contributed by atoms with Crippen LogP contribution in [0.15, 0.2) is 28.7 Å². The second kappa shape index (κ2) is 5.39. The molecule has 1 aromatic heterocycles. The van der Waals surface area contributed by atoms with E-state index in [0.29, 0.717) is 24.2 Å². The van der Waals surface area contributed by atoms with Crippen molar-refractivity contribution < 1.29 is 14.3 Å². The second-order valence-corrected chi connectivity index (χ2v) is 3.74. The number of furan rings is 1. The molecule has 2 rings (SSSR count). The van der Waals surface area contributed by atoms with E-state index in [1.54, 1.807) is 13.0 Å². The Labute approximate surface area is 105 Å².